The molecule has 112 valence electrons. The standard InChI is InChI=1S/C19H24OS/c1-13(2)11-14-5-3-6-15(12-14)19(20)17-7-4-8-18-16(17)9-10-21-18/h3,5-6,9-10,12-13,17,19-20H,4,7-8,11H2,1-2H3. The fraction of sp³-hybridized carbons (Fsp3) is 0.474. The van der Waals surface area contributed by atoms with E-state index in [1.807, 2.05) is 11.3 Å². The first-order valence-electron chi connectivity index (χ1n) is 7.98. The summed E-state index contributed by atoms with van der Waals surface area (Å²) in [7, 11) is 0. The van der Waals surface area contributed by atoms with Gasteiger partial charge in [0.1, 0.15) is 0 Å². The molecule has 1 aliphatic rings. The molecule has 3 rings (SSSR count). The summed E-state index contributed by atoms with van der Waals surface area (Å²) in [4.78, 5) is 1.48. The summed E-state index contributed by atoms with van der Waals surface area (Å²) in [5.74, 6) is 0.921. The first-order valence-corrected chi connectivity index (χ1v) is 8.86. The van der Waals surface area contributed by atoms with Crippen LogP contribution in [0.1, 0.15) is 60.3 Å². The molecule has 0 amide bonds. The van der Waals surface area contributed by atoms with Gasteiger partial charge in [0.2, 0.25) is 0 Å². The molecule has 0 radical (unpaired) electrons. The molecule has 0 aliphatic heterocycles. The maximum absolute atomic E-state index is 10.9. The van der Waals surface area contributed by atoms with Crippen LogP contribution in [0.2, 0.25) is 0 Å². The molecule has 1 heterocycles. The van der Waals surface area contributed by atoms with E-state index in [-0.39, 0.29) is 12.0 Å². The molecule has 2 heteroatoms. The second kappa shape index (κ2) is 6.33. The molecule has 1 aliphatic carbocycles. The van der Waals surface area contributed by atoms with Gasteiger partial charge in [0, 0.05) is 10.8 Å². The van der Waals surface area contributed by atoms with Crippen molar-refractivity contribution in [3.05, 3.63) is 57.3 Å². The zero-order valence-electron chi connectivity index (χ0n) is 12.9. The molecular weight excluding hydrogens is 276 g/mol. The second-order valence-electron chi connectivity index (χ2n) is 6.59. The molecule has 1 aromatic heterocycles. The number of aliphatic hydroxyl groups excluding tert-OH is 1. The Morgan fingerprint density at radius 1 is 1.29 bits per heavy atom. The van der Waals surface area contributed by atoms with Gasteiger partial charge in [-0.25, -0.2) is 0 Å². The number of benzene rings is 1. The van der Waals surface area contributed by atoms with E-state index in [1.54, 1.807) is 0 Å². The van der Waals surface area contributed by atoms with Crippen LogP contribution in [-0.4, -0.2) is 5.11 Å². The lowest BCUT2D eigenvalue weighted by atomic mass is 9.81. The lowest BCUT2D eigenvalue weighted by Gasteiger charge is -2.28. The predicted octanol–water partition coefficient (Wildman–Crippen LogP) is 5.10. The van der Waals surface area contributed by atoms with Gasteiger partial charge in [-0.2, -0.15) is 0 Å². The van der Waals surface area contributed by atoms with Crippen LogP contribution in [0.5, 0.6) is 0 Å². The maximum Gasteiger partial charge on any atom is 0.0859 e. The Hall–Kier alpha value is -1.12. The molecule has 0 fully saturated rings. The minimum atomic E-state index is -0.370. The van der Waals surface area contributed by atoms with Crippen molar-refractivity contribution < 1.29 is 5.11 Å². The van der Waals surface area contributed by atoms with Gasteiger partial charge in [-0.15, -0.1) is 11.3 Å². The zero-order chi connectivity index (χ0) is 14.8. The zero-order valence-corrected chi connectivity index (χ0v) is 13.7. The molecule has 1 nitrogen and oxygen atoms in total. The van der Waals surface area contributed by atoms with Crippen LogP contribution in [-0.2, 0) is 12.8 Å². The van der Waals surface area contributed by atoms with Crippen molar-refractivity contribution >= 4 is 11.3 Å². The summed E-state index contributed by atoms with van der Waals surface area (Å²) in [5.41, 5.74) is 3.80. The smallest absolute Gasteiger partial charge is 0.0859 e. The van der Waals surface area contributed by atoms with Crippen LogP contribution < -0.4 is 0 Å². The molecular formula is C19H24OS. The largest absolute Gasteiger partial charge is 0.388 e. The topological polar surface area (TPSA) is 20.2 Å². The average molecular weight is 300 g/mol. The Labute approximate surface area is 131 Å². The third-order valence-corrected chi connectivity index (χ3v) is 5.41. The number of aryl methyl sites for hydroxylation is 1. The molecule has 2 aromatic rings. The lowest BCUT2D eigenvalue weighted by Crippen LogP contribution is -2.15. The summed E-state index contributed by atoms with van der Waals surface area (Å²) in [5, 5.41) is 13.0. The van der Waals surface area contributed by atoms with Crippen LogP contribution in [0.3, 0.4) is 0 Å². The van der Waals surface area contributed by atoms with Crippen molar-refractivity contribution in [2.24, 2.45) is 5.92 Å². The van der Waals surface area contributed by atoms with Crippen molar-refractivity contribution in [3.8, 4) is 0 Å². The quantitative estimate of drug-likeness (QED) is 0.833. The highest BCUT2D eigenvalue weighted by molar-refractivity contribution is 7.10. The van der Waals surface area contributed by atoms with Crippen molar-refractivity contribution in [1.82, 2.24) is 0 Å². The summed E-state index contributed by atoms with van der Waals surface area (Å²) < 4.78 is 0. The summed E-state index contributed by atoms with van der Waals surface area (Å²) in [6.07, 6.45) is 4.18. The fourth-order valence-corrected chi connectivity index (χ4v) is 4.45. The van der Waals surface area contributed by atoms with Crippen LogP contribution in [0.15, 0.2) is 35.7 Å². The molecule has 0 spiro atoms. The van der Waals surface area contributed by atoms with Gasteiger partial charge in [-0.3, -0.25) is 0 Å². The van der Waals surface area contributed by atoms with Crippen molar-refractivity contribution in [1.29, 1.82) is 0 Å². The van der Waals surface area contributed by atoms with Crippen molar-refractivity contribution in [2.75, 3.05) is 0 Å². The van der Waals surface area contributed by atoms with E-state index in [1.165, 1.54) is 28.8 Å². The Kier molecular flexibility index (Phi) is 4.46. The average Bonchev–Trinajstić information content (AvgIpc) is 2.94. The molecule has 1 aromatic carbocycles. The van der Waals surface area contributed by atoms with Gasteiger partial charge in [-0.05, 0) is 59.7 Å². The molecule has 0 bridgehead atoms. The summed E-state index contributed by atoms with van der Waals surface area (Å²) >= 11 is 1.84. The van der Waals surface area contributed by atoms with E-state index < -0.39 is 0 Å². The minimum Gasteiger partial charge on any atom is -0.388 e. The number of hydrogen-bond donors (Lipinski definition) is 1. The van der Waals surface area contributed by atoms with Gasteiger partial charge in [0.05, 0.1) is 6.10 Å². The normalized spacial score (nSPS) is 19.5. The SMILES string of the molecule is CC(C)Cc1cccc(C(O)C2CCCc3sccc32)c1. The van der Waals surface area contributed by atoms with Crippen molar-refractivity contribution in [3.63, 3.8) is 0 Å². The number of aliphatic hydroxyl groups is 1. The fourth-order valence-electron chi connectivity index (χ4n) is 3.46. The van der Waals surface area contributed by atoms with E-state index in [4.69, 9.17) is 0 Å². The van der Waals surface area contributed by atoms with E-state index in [9.17, 15) is 5.11 Å². The van der Waals surface area contributed by atoms with Crippen LogP contribution in [0, 0.1) is 5.92 Å². The second-order valence-corrected chi connectivity index (χ2v) is 7.59. The van der Waals surface area contributed by atoms with Gasteiger partial charge < -0.3 is 5.11 Å². The lowest BCUT2D eigenvalue weighted by molar-refractivity contribution is 0.136. The highest BCUT2D eigenvalue weighted by atomic mass is 32.1. The Morgan fingerprint density at radius 3 is 2.95 bits per heavy atom. The van der Waals surface area contributed by atoms with Gasteiger partial charge >= 0.3 is 0 Å². The maximum atomic E-state index is 10.9. The van der Waals surface area contributed by atoms with Gasteiger partial charge in [-0.1, -0.05) is 38.1 Å². The van der Waals surface area contributed by atoms with Crippen molar-refractivity contribution in [2.45, 2.75) is 51.6 Å². The Balaban J connectivity index is 1.84. The summed E-state index contributed by atoms with van der Waals surface area (Å²) in [6, 6.07) is 10.8. The first kappa shape index (κ1) is 14.8. The van der Waals surface area contributed by atoms with Gasteiger partial charge in [0.15, 0.2) is 0 Å². The van der Waals surface area contributed by atoms with Gasteiger partial charge in [0.25, 0.3) is 0 Å². The predicted molar refractivity (Wildman–Crippen MR) is 89.9 cm³/mol. The third-order valence-electron chi connectivity index (χ3n) is 4.42. The third kappa shape index (κ3) is 3.22. The monoisotopic (exact) mass is 300 g/mol. The molecule has 0 saturated heterocycles. The van der Waals surface area contributed by atoms with E-state index in [2.05, 4.69) is 49.6 Å². The Morgan fingerprint density at radius 2 is 2.14 bits per heavy atom. The number of thiophene rings is 1. The molecule has 2 unspecified atom stereocenters. The Bertz CT molecular complexity index is 599. The number of fused-ring (bicyclic) bond motifs is 1. The van der Waals surface area contributed by atoms with Crippen LogP contribution in [0.25, 0.3) is 0 Å². The number of rotatable bonds is 4. The van der Waals surface area contributed by atoms with E-state index in [0.717, 1.165) is 18.4 Å². The minimum absolute atomic E-state index is 0.272. The molecule has 2 atom stereocenters. The van der Waals surface area contributed by atoms with E-state index >= 15 is 0 Å². The molecule has 0 saturated carbocycles. The highest BCUT2D eigenvalue weighted by Gasteiger charge is 2.28. The molecule has 21 heavy (non-hydrogen) atoms. The number of hydrogen-bond acceptors (Lipinski definition) is 2. The van der Waals surface area contributed by atoms with E-state index in [0.29, 0.717) is 5.92 Å². The van der Waals surface area contributed by atoms with Crippen LogP contribution >= 0.6 is 11.3 Å². The summed E-state index contributed by atoms with van der Waals surface area (Å²) in [6.45, 7) is 4.48. The first-order chi connectivity index (χ1) is 10.1. The van der Waals surface area contributed by atoms with Crippen LogP contribution in [0.4, 0.5) is 0 Å². The highest BCUT2D eigenvalue weighted by Crippen LogP contribution is 2.42. The molecule has 1 N–H and O–H groups in total.